The second kappa shape index (κ2) is 8.43. The average Bonchev–Trinajstić information content (AvgIpc) is 3.31. The third-order valence-corrected chi connectivity index (χ3v) is 8.51. The molecule has 0 saturated carbocycles. The summed E-state index contributed by atoms with van der Waals surface area (Å²) in [7, 11) is -3.08. The van der Waals surface area contributed by atoms with Gasteiger partial charge in [-0.1, -0.05) is 25.1 Å². The molecule has 1 aliphatic rings. The lowest BCUT2D eigenvalue weighted by Gasteiger charge is -2.34. The highest BCUT2D eigenvalue weighted by molar-refractivity contribution is 7.91. The standard InChI is InChI=1S/C23H23F3N6O2S/c1-13(14-4-3-5-15(18(14)24)19(25)26)30-20-16-10-17(23(2)6-8-35(33,34)9-7-23)22-31-29-12-32(22)21(16)28-11-27-20/h3-5,10-13,19H,6-9H2,1-2H3,(H,27,28,30)/t13-/m1/s1. The molecule has 184 valence electrons. The molecule has 3 aromatic heterocycles. The lowest BCUT2D eigenvalue weighted by atomic mass is 9.77. The van der Waals surface area contributed by atoms with Crippen molar-refractivity contribution >= 4 is 32.3 Å². The van der Waals surface area contributed by atoms with E-state index in [0.29, 0.717) is 35.3 Å². The van der Waals surface area contributed by atoms with Crippen molar-refractivity contribution in [3.63, 3.8) is 0 Å². The van der Waals surface area contributed by atoms with Crippen molar-refractivity contribution in [3.05, 3.63) is 59.4 Å². The van der Waals surface area contributed by atoms with E-state index in [1.807, 2.05) is 13.0 Å². The van der Waals surface area contributed by atoms with Crippen molar-refractivity contribution < 1.29 is 21.6 Å². The molecule has 0 spiro atoms. The Hall–Kier alpha value is -3.28. The normalized spacial score (nSPS) is 18.2. The van der Waals surface area contributed by atoms with E-state index in [9.17, 15) is 21.6 Å². The number of benzene rings is 1. The van der Waals surface area contributed by atoms with Gasteiger partial charge in [-0.25, -0.2) is 31.6 Å². The summed E-state index contributed by atoms with van der Waals surface area (Å²) in [6.07, 6.45) is 0.809. The van der Waals surface area contributed by atoms with E-state index in [0.717, 1.165) is 11.6 Å². The van der Waals surface area contributed by atoms with Crippen LogP contribution < -0.4 is 5.32 Å². The van der Waals surface area contributed by atoms with E-state index in [4.69, 9.17) is 0 Å². The average molecular weight is 505 g/mol. The van der Waals surface area contributed by atoms with Gasteiger partial charge in [0.15, 0.2) is 11.3 Å². The van der Waals surface area contributed by atoms with E-state index in [1.165, 1.54) is 24.8 Å². The predicted octanol–water partition coefficient (Wildman–Crippen LogP) is 4.39. The van der Waals surface area contributed by atoms with Crippen LogP contribution in [0.2, 0.25) is 0 Å². The molecule has 35 heavy (non-hydrogen) atoms. The molecule has 1 aliphatic heterocycles. The molecule has 4 aromatic rings. The summed E-state index contributed by atoms with van der Waals surface area (Å²) in [4.78, 5) is 8.71. The fraction of sp³-hybridized carbons (Fsp3) is 0.391. The van der Waals surface area contributed by atoms with Crippen LogP contribution in [0.15, 0.2) is 36.9 Å². The molecule has 1 fully saturated rings. The van der Waals surface area contributed by atoms with Gasteiger partial charge in [0.1, 0.15) is 34.1 Å². The second-order valence-electron chi connectivity index (χ2n) is 9.17. The maximum Gasteiger partial charge on any atom is 0.266 e. The number of alkyl halides is 2. The van der Waals surface area contributed by atoms with Gasteiger partial charge in [-0.05, 0) is 31.2 Å². The monoisotopic (exact) mass is 504 g/mol. The summed E-state index contributed by atoms with van der Waals surface area (Å²) in [6.45, 7) is 3.66. The molecular weight excluding hydrogens is 481 g/mol. The number of anilines is 1. The third kappa shape index (κ3) is 4.09. The molecule has 0 radical (unpaired) electrons. The summed E-state index contributed by atoms with van der Waals surface area (Å²) in [6, 6.07) is 5.11. The number of aromatic nitrogens is 5. The minimum absolute atomic E-state index is 0.0784. The fourth-order valence-corrected chi connectivity index (χ4v) is 6.39. The number of halogens is 3. The zero-order valence-electron chi connectivity index (χ0n) is 19.0. The molecule has 0 amide bonds. The Kier molecular flexibility index (Phi) is 5.65. The molecule has 0 unspecified atom stereocenters. The Morgan fingerprint density at radius 2 is 1.83 bits per heavy atom. The van der Waals surface area contributed by atoms with Gasteiger partial charge in [0.05, 0.1) is 28.5 Å². The number of hydrogen-bond acceptors (Lipinski definition) is 7. The molecule has 1 N–H and O–H groups in total. The van der Waals surface area contributed by atoms with Crippen LogP contribution in [0, 0.1) is 5.82 Å². The van der Waals surface area contributed by atoms with Crippen molar-refractivity contribution in [3.8, 4) is 0 Å². The number of rotatable bonds is 5. The minimum atomic E-state index is -3.08. The first-order valence-electron chi connectivity index (χ1n) is 11.1. The van der Waals surface area contributed by atoms with Gasteiger partial charge in [-0.3, -0.25) is 4.40 Å². The van der Waals surface area contributed by atoms with Crippen molar-refractivity contribution in [2.75, 3.05) is 16.8 Å². The molecule has 5 rings (SSSR count). The molecule has 4 heterocycles. The maximum absolute atomic E-state index is 14.8. The Morgan fingerprint density at radius 3 is 2.54 bits per heavy atom. The van der Waals surface area contributed by atoms with Gasteiger partial charge < -0.3 is 5.32 Å². The van der Waals surface area contributed by atoms with Gasteiger partial charge >= 0.3 is 0 Å². The van der Waals surface area contributed by atoms with Gasteiger partial charge in [0.25, 0.3) is 6.43 Å². The lowest BCUT2D eigenvalue weighted by Crippen LogP contribution is -2.35. The first-order valence-corrected chi connectivity index (χ1v) is 12.9. The van der Waals surface area contributed by atoms with Crippen LogP contribution in [0.3, 0.4) is 0 Å². The van der Waals surface area contributed by atoms with Crippen LogP contribution in [-0.2, 0) is 15.3 Å². The topological polar surface area (TPSA) is 102 Å². The summed E-state index contributed by atoms with van der Waals surface area (Å²) < 4.78 is 67.0. The highest BCUT2D eigenvalue weighted by Crippen LogP contribution is 2.40. The Bertz CT molecular complexity index is 1530. The largest absolute Gasteiger partial charge is 0.363 e. The molecular formula is C23H23F3N6O2S. The van der Waals surface area contributed by atoms with Crippen LogP contribution in [0.5, 0.6) is 0 Å². The molecule has 1 atom stereocenters. The smallest absolute Gasteiger partial charge is 0.266 e. The van der Waals surface area contributed by atoms with Crippen molar-refractivity contribution in [2.45, 2.75) is 44.6 Å². The van der Waals surface area contributed by atoms with Crippen molar-refractivity contribution in [1.82, 2.24) is 24.6 Å². The van der Waals surface area contributed by atoms with Crippen molar-refractivity contribution in [2.24, 2.45) is 0 Å². The molecule has 1 aromatic carbocycles. The number of nitrogens with one attached hydrogen (secondary N) is 1. The number of pyridine rings is 1. The maximum atomic E-state index is 14.8. The van der Waals surface area contributed by atoms with E-state index < -0.39 is 39.1 Å². The van der Waals surface area contributed by atoms with E-state index in [-0.39, 0.29) is 17.1 Å². The second-order valence-corrected chi connectivity index (χ2v) is 11.5. The minimum Gasteiger partial charge on any atom is -0.363 e. The number of hydrogen-bond donors (Lipinski definition) is 1. The molecule has 0 aliphatic carbocycles. The fourth-order valence-electron chi connectivity index (χ4n) is 4.67. The summed E-state index contributed by atoms with van der Waals surface area (Å²) in [5, 5.41) is 12.0. The third-order valence-electron chi connectivity index (χ3n) is 6.86. The number of fused-ring (bicyclic) bond motifs is 3. The Labute approximate surface area is 199 Å². The quantitative estimate of drug-likeness (QED) is 0.430. The molecule has 12 heteroatoms. The van der Waals surface area contributed by atoms with Crippen LogP contribution >= 0.6 is 0 Å². The first-order chi connectivity index (χ1) is 16.6. The van der Waals surface area contributed by atoms with Crippen LogP contribution in [0.4, 0.5) is 19.0 Å². The predicted molar refractivity (Wildman–Crippen MR) is 125 cm³/mol. The van der Waals surface area contributed by atoms with Crippen LogP contribution in [-0.4, -0.2) is 44.5 Å². The SMILES string of the molecule is C[C@@H](Nc1ncnc2c1cc(C1(C)CCS(=O)(=O)CC1)c1nncn12)c1cccc(C(F)F)c1F. The first kappa shape index (κ1) is 23.5. The Morgan fingerprint density at radius 1 is 1.11 bits per heavy atom. The highest BCUT2D eigenvalue weighted by atomic mass is 32.2. The van der Waals surface area contributed by atoms with Crippen LogP contribution in [0.25, 0.3) is 16.7 Å². The van der Waals surface area contributed by atoms with E-state index in [2.05, 4.69) is 25.5 Å². The van der Waals surface area contributed by atoms with E-state index >= 15 is 0 Å². The summed E-state index contributed by atoms with van der Waals surface area (Å²) >= 11 is 0. The zero-order chi connectivity index (χ0) is 25.0. The van der Waals surface area contributed by atoms with Gasteiger partial charge in [0, 0.05) is 11.1 Å². The number of nitrogens with zero attached hydrogens (tertiary/aromatic N) is 5. The zero-order valence-corrected chi connectivity index (χ0v) is 19.9. The molecule has 8 nitrogen and oxygen atoms in total. The van der Waals surface area contributed by atoms with Gasteiger partial charge in [0.2, 0.25) is 0 Å². The Balaban J connectivity index is 1.61. The van der Waals surface area contributed by atoms with Gasteiger partial charge in [-0.2, -0.15) is 0 Å². The van der Waals surface area contributed by atoms with E-state index in [1.54, 1.807) is 11.3 Å². The lowest BCUT2D eigenvalue weighted by molar-refractivity contribution is 0.146. The summed E-state index contributed by atoms with van der Waals surface area (Å²) in [5.74, 6) is -0.420. The molecule has 1 saturated heterocycles. The van der Waals surface area contributed by atoms with Gasteiger partial charge in [-0.15, -0.1) is 10.2 Å². The van der Waals surface area contributed by atoms with Crippen molar-refractivity contribution in [1.29, 1.82) is 0 Å². The molecule has 0 bridgehead atoms. The van der Waals surface area contributed by atoms with Crippen LogP contribution in [0.1, 0.15) is 55.8 Å². The highest BCUT2D eigenvalue weighted by Gasteiger charge is 2.37. The number of sulfone groups is 1. The summed E-state index contributed by atoms with van der Waals surface area (Å²) in [5.41, 5.74) is 0.861.